The van der Waals surface area contributed by atoms with Crippen LogP contribution in [0.4, 0.5) is 13.9 Å². The van der Waals surface area contributed by atoms with Gasteiger partial charge in [0.05, 0.1) is 22.9 Å². The van der Waals surface area contributed by atoms with Crippen molar-refractivity contribution in [1.82, 2.24) is 9.29 Å². The predicted molar refractivity (Wildman–Crippen MR) is 129 cm³/mol. The summed E-state index contributed by atoms with van der Waals surface area (Å²) >= 11 is 1.45. The van der Waals surface area contributed by atoms with Crippen LogP contribution in [-0.2, 0) is 19.6 Å². The number of hydrogen-bond donors (Lipinski definition) is 0. The Labute approximate surface area is 206 Å². The fourth-order valence-corrected chi connectivity index (χ4v) is 7.11. The summed E-state index contributed by atoms with van der Waals surface area (Å²) in [4.78, 5) is 19.5. The number of rotatable bonds is 6. The smallest absolute Gasteiger partial charge is 0.245 e. The van der Waals surface area contributed by atoms with Gasteiger partial charge in [-0.25, -0.2) is 22.2 Å². The molecular formula is C24H25F2N3O4S2. The fraction of sp³-hybridized carbons (Fsp3) is 0.417. The molecule has 2 aliphatic heterocycles. The number of para-hydroxylation sites is 1. The van der Waals surface area contributed by atoms with Gasteiger partial charge in [0.25, 0.3) is 0 Å². The lowest BCUT2D eigenvalue weighted by Crippen LogP contribution is -2.46. The van der Waals surface area contributed by atoms with E-state index < -0.39 is 32.5 Å². The van der Waals surface area contributed by atoms with Crippen molar-refractivity contribution in [2.75, 3.05) is 31.1 Å². The molecule has 2 aliphatic rings. The van der Waals surface area contributed by atoms with Crippen molar-refractivity contribution >= 4 is 42.6 Å². The lowest BCUT2D eigenvalue weighted by molar-refractivity contribution is -0.123. The first-order chi connectivity index (χ1) is 16.8. The van der Waals surface area contributed by atoms with E-state index in [4.69, 9.17) is 4.74 Å². The molecule has 0 saturated carbocycles. The number of thiazole rings is 1. The molecule has 35 heavy (non-hydrogen) atoms. The molecule has 2 fully saturated rings. The molecule has 5 rings (SSSR count). The Morgan fingerprint density at radius 3 is 2.60 bits per heavy atom. The summed E-state index contributed by atoms with van der Waals surface area (Å²) in [5.74, 6) is -2.47. The normalized spacial score (nSPS) is 19.9. The minimum absolute atomic E-state index is 0.0621. The molecule has 186 valence electrons. The summed E-state index contributed by atoms with van der Waals surface area (Å²) in [7, 11) is -4.13. The van der Waals surface area contributed by atoms with Gasteiger partial charge in [0.2, 0.25) is 15.9 Å². The zero-order valence-corrected chi connectivity index (χ0v) is 20.5. The van der Waals surface area contributed by atoms with E-state index in [9.17, 15) is 22.0 Å². The highest BCUT2D eigenvalue weighted by Crippen LogP contribution is 2.33. The highest BCUT2D eigenvalue weighted by molar-refractivity contribution is 7.89. The first kappa shape index (κ1) is 24.2. The van der Waals surface area contributed by atoms with E-state index in [1.165, 1.54) is 11.3 Å². The Bertz CT molecular complexity index is 1300. The number of nitrogens with zero attached hydrogens (tertiary/aromatic N) is 3. The number of carbonyl (C=O) groups excluding carboxylic acids is 1. The number of carbonyl (C=O) groups is 1. The molecule has 0 spiro atoms. The molecule has 0 aliphatic carbocycles. The topological polar surface area (TPSA) is 79.8 Å². The van der Waals surface area contributed by atoms with Gasteiger partial charge in [0.15, 0.2) is 5.13 Å². The van der Waals surface area contributed by atoms with E-state index in [2.05, 4.69) is 4.98 Å². The fourth-order valence-electron chi connectivity index (χ4n) is 4.62. The van der Waals surface area contributed by atoms with Crippen LogP contribution in [0.1, 0.15) is 25.7 Å². The molecule has 0 bridgehead atoms. The summed E-state index contributed by atoms with van der Waals surface area (Å²) in [6, 6.07) is 10.1. The quantitative estimate of drug-likeness (QED) is 0.486. The second kappa shape index (κ2) is 9.88. The van der Waals surface area contributed by atoms with E-state index in [-0.39, 0.29) is 25.1 Å². The maximum absolute atomic E-state index is 14.2. The van der Waals surface area contributed by atoms with Gasteiger partial charge in [-0.3, -0.25) is 9.69 Å². The number of sulfonamides is 1. The van der Waals surface area contributed by atoms with Gasteiger partial charge in [-0.1, -0.05) is 23.5 Å². The first-order valence-electron chi connectivity index (χ1n) is 11.6. The van der Waals surface area contributed by atoms with E-state index in [1.807, 2.05) is 24.3 Å². The lowest BCUT2D eigenvalue weighted by Gasteiger charge is -2.33. The molecule has 0 radical (unpaired) electrons. The Hall–Kier alpha value is -2.47. The van der Waals surface area contributed by atoms with Crippen LogP contribution >= 0.6 is 11.3 Å². The Balaban J connectivity index is 1.33. The number of anilines is 1. The van der Waals surface area contributed by atoms with Crippen molar-refractivity contribution in [2.24, 2.45) is 5.92 Å². The van der Waals surface area contributed by atoms with Crippen LogP contribution in [0.15, 0.2) is 47.4 Å². The summed E-state index contributed by atoms with van der Waals surface area (Å²) in [6.45, 7) is 1.22. The number of benzene rings is 2. The third-order valence-electron chi connectivity index (χ3n) is 6.50. The molecule has 3 heterocycles. The molecule has 1 unspecified atom stereocenters. The van der Waals surface area contributed by atoms with Crippen molar-refractivity contribution in [3.8, 4) is 0 Å². The monoisotopic (exact) mass is 521 g/mol. The molecule has 1 aromatic heterocycles. The summed E-state index contributed by atoms with van der Waals surface area (Å²) in [6.07, 6.45) is 2.35. The second-order valence-electron chi connectivity index (χ2n) is 8.80. The minimum Gasteiger partial charge on any atom is -0.376 e. The highest BCUT2D eigenvalue weighted by atomic mass is 32.2. The average molecular weight is 522 g/mol. The van der Waals surface area contributed by atoms with Gasteiger partial charge in [0.1, 0.15) is 16.5 Å². The van der Waals surface area contributed by atoms with Gasteiger partial charge >= 0.3 is 0 Å². The third kappa shape index (κ3) is 4.95. The zero-order valence-electron chi connectivity index (χ0n) is 18.9. The summed E-state index contributed by atoms with van der Waals surface area (Å²) in [5.41, 5.74) is 0.819. The number of aromatic nitrogens is 1. The third-order valence-corrected chi connectivity index (χ3v) is 9.50. The van der Waals surface area contributed by atoms with Crippen molar-refractivity contribution in [3.63, 3.8) is 0 Å². The zero-order chi connectivity index (χ0) is 24.6. The van der Waals surface area contributed by atoms with Gasteiger partial charge < -0.3 is 4.74 Å². The van der Waals surface area contributed by atoms with Gasteiger partial charge in [0, 0.05) is 31.7 Å². The molecule has 1 atom stereocenters. The predicted octanol–water partition coefficient (Wildman–Crippen LogP) is 4.19. The van der Waals surface area contributed by atoms with Crippen molar-refractivity contribution < 1.29 is 26.7 Å². The van der Waals surface area contributed by atoms with E-state index in [1.54, 1.807) is 4.90 Å². The van der Waals surface area contributed by atoms with Crippen LogP contribution in [0.3, 0.4) is 0 Å². The maximum Gasteiger partial charge on any atom is 0.245 e. The number of ether oxygens (including phenoxy) is 1. The average Bonchev–Trinajstić information content (AvgIpc) is 3.51. The van der Waals surface area contributed by atoms with Gasteiger partial charge in [-0.2, -0.15) is 4.31 Å². The summed E-state index contributed by atoms with van der Waals surface area (Å²) in [5, 5.41) is 0.607. The van der Waals surface area contributed by atoms with Crippen LogP contribution in [0.25, 0.3) is 10.2 Å². The molecular weight excluding hydrogens is 496 g/mol. The summed E-state index contributed by atoms with van der Waals surface area (Å²) < 4.78 is 61.2. The molecule has 3 aromatic rings. The highest BCUT2D eigenvalue weighted by Gasteiger charge is 2.37. The van der Waals surface area contributed by atoms with Crippen LogP contribution < -0.4 is 4.90 Å². The van der Waals surface area contributed by atoms with E-state index in [0.29, 0.717) is 37.2 Å². The second-order valence-corrected chi connectivity index (χ2v) is 11.7. The van der Waals surface area contributed by atoms with Crippen LogP contribution in [-0.4, -0.2) is 56.0 Å². The number of hydrogen-bond acceptors (Lipinski definition) is 6. The molecule has 0 N–H and O–H groups in total. The van der Waals surface area contributed by atoms with E-state index >= 15 is 0 Å². The van der Waals surface area contributed by atoms with Gasteiger partial charge in [-0.15, -0.1) is 0 Å². The largest absolute Gasteiger partial charge is 0.376 e. The molecule has 2 aromatic carbocycles. The van der Waals surface area contributed by atoms with Crippen LogP contribution in [0.2, 0.25) is 0 Å². The Kier molecular flexibility index (Phi) is 6.84. The molecule has 7 nitrogen and oxygen atoms in total. The maximum atomic E-state index is 14.2. The number of fused-ring (bicyclic) bond motifs is 1. The minimum atomic E-state index is -4.13. The number of halogens is 2. The molecule has 2 saturated heterocycles. The van der Waals surface area contributed by atoms with Crippen LogP contribution in [0.5, 0.6) is 0 Å². The van der Waals surface area contributed by atoms with Crippen LogP contribution in [0, 0.1) is 17.6 Å². The van der Waals surface area contributed by atoms with Gasteiger partial charge in [-0.05, 0) is 49.9 Å². The first-order valence-corrected chi connectivity index (χ1v) is 13.8. The van der Waals surface area contributed by atoms with E-state index in [0.717, 1.165) is 39.5 Å². The SMILES string of the molecule is O=C(C1CCN(S(=O)(=O)c2ccc(F)cc2F)CC1)N(CC1CCCO1)c1nc2ccccc2s1. The number of amides is 1. The molecule has 1 amide bonds. The van der Waals surface area contributed by atoms with Crippen molar-refractivity contribution in [2.45, 2.75) is 36.7 Å². The number of piperidine rings is 1. The Morgan fingerprint density at radius 1 is 1.14 bits per heavy atom. The van der Waals surface area contributed by atoms with Crippen molar-refractivity contribution in [3.05, 3.63) is 54.1 Å². The standard InChI is InChI=1S/C24H25F2N3O4S2/c25-17-7-8-22(19(26)14-17)35(31,32)28-11-9-16(10-12-28)23(30)29(15-18-4-3-13-33-18)24-27-20-5-1-2-6-21(20)34-24/h1-2,5-8,14,16,18H,3-4,9-13,15H2. The Morgan fingerprint density at radius 2 is 1.91 bits per heavy atom. The molecule has 11 heteroatoms. The van der Waals surface area contributed by atoms with Crippen molar-refractivity contribution in [1.29, 1.82) is 0 Å². The lowest BCUT2D eigenvalue weighted by atomic mass is 9.96.